The monoisotopic (exact) mass is 634 g/mol. The van der Waals surface area contributed by atoms with Crippen LogP contribution >= 0.6 is 23.5 Å². The zero-order valence-corrected chi connectivity index (χ0v) is 26.5. The van der Waals surface area contributed by atoms with E-state index in [0.29, 0.717) is 46.3 Å². The Hall–Kier alpha value is -3.77. The number of halogens is 2. The summed E-state index contributed by atoms with van der Waals surface area (Å²) in [6, 6.07) is 7.35. The van der Waals surface area contributed by atoms with Crippen LogP contribution in [-0.4, -0.2) is 67.0 Å². The van der Waals surface area contributed by atoms with E-state index in [1.165, 1.54) is 34.5 Å². The van der Waals surface area contributed by atoms with Crippen molar-refractivity contribution in [1.29, 1.82) is 0 Å². The minimum atomic E-state index is -0.721. The average molecular weight is 635 g/mol. The van der Waals surface area contributed by atoms with Gasteiger partial charge in [0.2, 0.25) is 5.91 Å². The molecule has 12 heteroatoms. The van der Waals surface area contributed by atoms with Crippen molar-refractivity contribution in [1.82, 2.24) is 24.4 Å². The van der Waals surface area contributed by atoms with Gasteiger partial charge in [-0.1, -0.05) is 26.5 Å². The summed E-state index contributed by atoms with van der Waals surface area (Å²) in [7, 11) is 0. The number of benzene rings is 1. The van der Waals surface area contributed by atoms with Crippen LogP contribution in [0.2, 0.25) is 0 Å². The average Bonchev–Trinajstić information content (AvgIpc) is 2.99. The van der Waals surface area contributed by atoms with Crippen LogP contribution in [0.1, 0.15) is 39.3 Å². The summed E-state index contributed by atoms with van der Waals surface area (Å²) in [5.74, 6) is -0.000212. The maximum Gasteiger partial charge on any atom is 0.355 e. The molecule has 2 atom stereocenters. The van der Waals surface area contributed by atoms with Crippen molar-refractivity contribution in [2.24, 2.45) is 0 Å². The SMILES string of the molecule is C=CC(=O)N1C[C@H](C)N(c2nc(=O)n3c4nc(c(F)cc24)-c2c(F)cccc2SCCSc2ccnc(C(C)C)c2-3)C[C@H]1C. The smallest absolute Gasteiger partial charge is 0.349 e. The Labute approximate surface area is 262 Å². The molecule has 2 bridgehead atoms. The first-order valence-electron chi connectivity index (χ1n) is 14.5. The highest BCUT2D eigenvalue weighted by molar-refractivity contribution is 8.03. The molecule has 2 aliphatic rings. The van der Waals surface area contributed by atoms with Gasteiger partial charge in [-0.05, 0) is 50.1 Å². The molecule has 0 N–H and O–H groups in total. The molecule has 2 aliphatic heterocycles. The predicted octanol–water partition coefficient (Wildman–Crippen LogP) is 6.05. The van der Waals surface area contributed by atoms with Gasteiger partial charge in [-0.3, -0.25) is 9.78 Å². The highest BCUT2D eigenvalue weighted by Gasteiger charge is 2.34. The van der Waals surface area contributed by atoms with Crippen molar-refractivity contribution in [3.63, 3.8) is 0 Å². The molecule has 1 amide bonds. The van der Waals surface area contributed by atoms with Crippen LogP contribution in [0.4, 0.5) is 14.6 Å². The highest BCUT2D eigenvalue weighted by atomic mass is 32.2. The van der Waals surface area contributed by atoms with E-state index in [9.17, 15) is 9.59 Å². The van der Waals surface area contributed by atoms with Crippen molar-refractivity contribution in [2.45, 2.75) is 55.5 Å². The second-order valence-corrected chi connectivity index (χ2v) is 13.6. The summed E-state index contributed by atoms with van der Waals surface area (Å²) in [6.45, 7) is 12.2. The van der Waals surface area contributed by atoms with Gasteiger partial charge in [0.05, 0.1) is 22.3 Å². The summed E-state index contributed by atoms with van der Waals surface area (Å²) in [5, 5.41) is 0.311. The number of amides is 1. The molecule has 0 radical (unpaired) electrons. The number of fused-ring (bicyclic) bond motifs is 5. The fraction of sp³-hybridized carbons (Fsp3) is 0.344. The number of anilines is 1. The Morgan fingerprint density at radius 2 is 1.80 bits per heavy atom. The first-order chi connectivity index (χ1) is 21.1. The first kappa shape index (κ1) is 30.3. The van der Waals surface area contributed by atoms with Crippen LogP contribution in [0.25, 0.3) is 28.0 Å². The van der Waals surface area contributed by atoms with E-state index in [0.717, 1.165) is 4.90 Å². The van der Waals surface area contributed by atoms with Crippen LogP contribution in [0.5, 0.6) is 0 Å². The van der Waals surface area contributed by atoms with Gasteiger partial charge in [0.15, 0.2) is 11.5 Å². The van der Waals surface area contributed by atoms with Crippen LogP contribution in [0, 0.1) is 11.6 Å². The van der Waals surface area contributed by atoms with Crippen LogP contribution in [0.3, 0.4) is 0 Å². The molecule has 1 saturated heterocycles. The molecular formula is C32H32F2N6O2S2. The third-order valence-electron chi connectivity index (χ3n) is 8.01. The van der Waals surface area contributed by atoms with E-state index in [1.807, 2.05) is 38.7 Å². The topological polar surface area (TPSA) is 84.2 Å². The second kappa shape index (κ2) is 12.0. The lowest BCUT2D eigenvalue weighted by molar-refractivity contribution is -0.128. The maximum absolute atomic E-state index is 16.2. The number of thioether (sulfide) groups is 2. The van der Waals surface area contributed by atoms with E-state index >= 15 is 8.78 Å². The number of nitrogens with zero attached hydrogens (tertiary/aromatic N) is 6. The summed E-state index contributed by atoms with van der Waals surface area (Å²) >= 11 is 3.01. The molecule has 3 aromatic heterocycles. The van der Waals surface area contributed by atoms with Crippen molar-refractivity contribution >= 4 is 46.3 Å². The predicted molar refractivity (Wildman–Crippen MR) is 172 cm³/mol. The third-order valence-corrected chi connectivity index (χ3v) is 10.4. The Bertz CT molecular complexity index is 1860. The summed E-state index contributed by atoms with van der Waals surface area (Å²) in [6.07, 6.45) is 3.01. The Balaban J connectivity index is 1.69. The van der Waals surface area contributed by atoms with Crippen LogP contribution in [0.15, 0.2) is 63.8 Å². The molecule has 228 valence electrons. The van der Waals surface area contributed by atoms with E-state index in [1.54, 1.807) is 35.0 Å². The number of hydrogen-bond donors (Lipinski definition) is 0. The molecule has 1 aromatic carbocycles. The fourth-order valence-electron chi connectivity index (χ4n) is 5.92. The van der Waals surface area contributed by atoms with E-state index in [4.69, 9.17) is 4.98 Å². The van der Waals surface area contributed by atoms with Crippen molar-refractivity contribution in [3.8, 4) is 16.9 Å². The molecule has 4 aromatic rings. The molecule has 5 heterocycles. The van der Waals surface area contributed by atoms with Crippen LogP contribution in [-0.2, 0) is 4.79 Å². The molecule has 1 fully saturated rings. The van der Waals surface area contributed by atoms with Crippen molar-refractivity contribution in [3.05, 3.63) is 77.0 Å². The fourth-order valence-corrected chi connectivity index (χ4v) is 8.03. The Kier molecular flexibility index (Phi) is 8.23. The number of carbonyl (C=O) groups is 1. The molecule has 0 unspecified atom stereocenters. The van der Waals surface area contributed by atoms with Gasteiger partial charge in [-0.2, -0.15) is 4.98 Å². The molecular weight excluding hydrogens is 603 g/mol. The lowest BCUT2D eigenvalue weighted by atomic mass is 10.1. The zero-order chi connectivity index (χ0) is 31.3. The summed E-state index contributed by atoms with van der Waals surface area (Å²) in [4.78, 5) is 45.7. The number of piperazine rings is 1. The van der Waals surface area contributed by atoms with E-state index in [-0.39, 0.29) is 46.6 Å². The zero-order valence-electron chi connectivity index (χ0n) is 24.9. The van der Waals surface area contributed by atoms with Gasteiger partial charge < -0.3 is 9.80 Å². The minimum Gasteiger partial charge on any atom is -0.349 e. The number of rotatable bonds is 3. The molecule has 0 saturated carbocycles. The molecule has 0 aliphatic carbocycles. The normalized spacial score (nSPS) is 18.5. The van der Waals surface area contributed by atoms with Gasteiger partial charge in [-0.25, -0.2) is 23.1 Å². The number of aromatic nitrogens is 4. The molecule has 6 rings (SSSR count). The van der Waals surface area contributed by atoms with E-state index < -0.39 is 17.3 Å². The second-order valence-electron chi connectivity index (χ2n) is 11.3. The Morgan fingerprint density at radius 3 is 2.52 bits per heavy atom. The van der Waals surface area contributed by atoms with Crippen LogP contribution < -0.4 is 10.6 Å². The third kappa shape index (κ3) is 5.17. The Morgan fingerprint density at radius 1 is 1.05 bits per heavy atom. The quantitative estimate of drug-likeness (QED) is 0.252. The largest absolute Gasteiger partial charge is 0.355 e. The number of carbonyl (C=O) groups excluding carboxylic acids is 1. The van der Waals surface area contributed by atoms with Crippen molar-refractivity contribution in [2.75, 3.05) is 29.5 Å². The van der Waals surface area contributed by atoms with Gasteiger partial charge >= 0.3 is 5.69 Å². The summed E-state index contributed by atoms with van der Waals surface area (Å²) in [5.41, 5.74) is 0.686. The first-order valence-corrected chi connectivity index (χ1v) is 16.4. The molecule has 44 heavy (non-hydrogen) atoms. The molecule has 0 spiro atoms. The minimum absolute atomic E-state index is 0.0520. The van der Waals surface area contributed by atoms with Gasteiger partial charge in [0.1, 0.15) is 17.3 Å². The maximum atomic E-state index is 16.2. The van der Waals surface area contributed by atoms with E-state index in [2.05, 4.69) is 16.5 Å². The summed E-state index contributed by atoms with van der Waals surface area (Å²) < 4.78 is 33.1. The standard InChI is InChI=1S/C32H32F2N6O2S2/c1-6-25(41)38-15-19(5)39(16-18(38)4)30-20-14-22(34)28-26-21(33)8-7-9-23(26)43-12-13-44-24-10-11-35-27(17(2)3)29(24)40(31(20)36-28)32(42)37-30/h6-11,14,17-19H,1,12-13,15-16H2,2-5H3/t18-,19+/m1/s1. The molecule has 8 nitrogen and oxygen atoms in total. The number of pyridine rings is 2. The van der Waals surface area contributed by atoms with Gasteiger partial charge in [-0.15, -0.1) is 23.5 Å². The lowest BCUT2D eigenvalue weighted by Gasteiger charge is -2.44. The van der Waals surface area contributed by atoms with Gasteiger partial charge in [0.25, 0.3) is 0 Å². The van der Waals surface area contributed by atoms with Crippen molar-refractivity contribution < 1.29 is 13.6 Å². The lowest BCUT2D eigenvalue weighted by Crippen LogP contribution is -2.58. The van der Waals surface area contributed by atoms with Gasteiger partial charge in [0, 0.05) is 52.7 Å². The highest BCUT2D eigenvalue weighted by Crippen LogP contribution is 2.40. The number of hydrogen-bond acceptors (Lipinski definition) is 8.